The van der Waals surface area contributed by atoms with Gasteiger partial charge in [-0.25, -0.2) is 0 Å². The van der Waals surface area contributed by atoms with E-state index in [1.165, 1.54) is 36.0 Å². The third-order valence-electron chi connectivity index (χ3n) is 4.58. The monoisotopic (exact) mass is 344 g/mol. The normalized spacial score (nSPS) is 19.1. The van der Waals surface area contributed by atoms with E-state index in [4.69, 9.17) is 0 Å². The van der Waals surface area contributed by atoms with Gasteiger partial charge in [-0.3, -0.25) is 0 Å². The number of halogens is 1. The number of fused-ring (bicyclic) bond motifs is 1. The summed E-state index contributed by atoms with van der Waals surface area (Å²) in [7, 11) is 0. The Hall–Kier alpha value is -1.12. The van der Waals surface area contributed by atoms with Gasteiger partial charge in [-0.2, -0.15) is 0 Å². The summed E-state index contributed by atoms with van der Waals surface area (Å²) in [5, 5.41) is 10.7. The van der Waals surface area contributed by atoms with E-state index < -0.39 is 6.10 Å². The number of aliphatic hydroxyl groups is 1. The van der Waals surface area contributed by atoms with E-state index in [0.717, 1.165) is 16.5 Å². The Morgan fingerprint density at radius 2 is 2.00 bits per heavy atom. The second-order valence-electron chi connectivity index (χ2n) is 6.02. The highest BCUT2D eigenvalue weighted by atomic mass is 79.9. The SMILES string of the molecule is Cc1cccc(C(O)CC2CCCc3ccccc32)c1Br. The third-order valence-corrected chi connectivity index (χ3v) is 5.67. The zero-order valence-electron chi connectivity index (χ0n) is 12.3. The van der Waals surface area contributed by atoms with Crippen LogP contribution < -0.4 is 0 Å². The van der Waals surface area contributed by atoms with Crippen molar-refractivity contribution >= 4 is 15.9 Å². The van der Waals surface area contributed by atoms with Gasteiger partial charge in [-0.05, 0) is 60.8 Å². The molecule has 110 valence electrons. The molecule has 0 amide bonds. The summed E-state index contributed by atoms with van der Waals surface area (Å²) in [6.45, 7) is 2.07. The molecule has 21 heavy (non-hydrogen) atoms. The van der Waals surface area contributed by atoms with Crippen LogP contribution in [0.1, 0.15) is 53.5 Å². The summed E-state index contributed by atoms with van der Waals surface area (Å²) >= 11 is 3.62. The van der Waals surface area contributed by atoms with Crippen LogP contribution in [0.15, 0.2) is 46.9 Å². The van der Waals surface area contributed by atoms with Crippen molar-refractivity contribution in [2.75, 3.05) is 0 Å². The topological polar surface area (TPSA) is 20.2 Å². The molecule has 0 aliphatic heterocycles. The minimum atomic E-state index is -0.407. The molecule has 0 saturated heterocycles. The first kappa shape index (κ1) is 14.8. The van der Waals surface area contributed by atoms with Gasteiger partial charge in [-0.15, -0.1) is 0 Å². The summed E-state index contributed by atoms with van der Waals surface area (Å²) < 4.78 is 1.04. The van der Waals surface area contributed by atoms with Crippen molar-refractivity contribution in [3.8, 4) is 0 Å². The Morgan fingerprint density at radius 1 is 1.19 bits per heavy atom. The van der Waals surface area contributed by atoms with Crippen molar-refractivity contribution in [3.63, 3.8) is 0 Å². The summed E-state index contributed by atoms with van der Waals surface area (Å²) in [5.41, 5.74) is 5.09. The fourth-order valence-electron chi connectivity index (χ4n) is 3.42. The molecule has 0 saturated carbocycles. The molecule has 1 aliphatic rings. The van der Waals surface area contributed by atoms with Crippen molar-refractivity contribution in [1.82, 2.24) is 0 Å². The summed E-state index contributed by atoms with van der Waals surface area (Å²) in [6, 6.07) is 14.8. The van der Waals surface area contributed by atoms with Gasteiger partial charge >= 0.3 is 0 Å². The van der Waals surface area contributed by atoms with E-state index in [1.807, 2.05) is 12.1 Å². The molecular formula is C19H21BrO. The Kier molecular flexibility index (Phi) is 4.46. The standard InChI is InChI=1S/C19H21BrO/c1-13-6-4-11-17(19(13)20)18(21)12-15-9-5-8-14-7-2-3-10-16(14)15/h2-4,6-7,10-11,15,18,21H,5,8-9,12H2,1H3. The Morgan fingerprint density at radius 3 is 2.86 bits per heavy atom. The van der Waals surface area contributed by atoms with Crippen LogP contribution in [0.3, 0.4) is 0 Å². The van der Waals surface area contributed by atoms with E-state index in [1.54, 1.807) is 0 Å². The maximum absolute atomic E-state index is 10.7. The molecule has 2 heteroatoms. The van der Waals surface area contributed by atoms with Crippen molar-refractivity contribution in [2.24, 2.45) is 0 Å². The second-order valence-corrected chi connectivity index (χ2v) is 6.81. The third kappa shape index (κ3) is 3.07. The summed E-state index contributed by atoms with van der Waals surface area (Å²) in [5.74, 6) is 0.470. The zero-order valence-corrected chi connectivity index (χ0v) is 13.9. The first-order valence-corrected chi connectivity index (χ1v) is 8.47. The van der Waals surface area contributed by atoms with E-state index in [-0.39, 0.29) is 0 Å². The fourth-order valence-corrected chi connectivity index (χ4v) is 3.95. The summed E-state index contributed by atoms with van der Waals surface area (Å²) in [6.07, 6.45) is 3.98. The highest BCUT2D eigenvalue weighted by Crippen LogP contribution is 2.39. The van der Waals surface area contributed by atoms with Gasteiger partial charge < -0.3 is 5.11 Å². The average molecular weight is 345 g/mol. The fraction of sp³-hybridized carbons (Fsp3) is 0.368. The van der Waals surface area contributed by atoms with Crippen molar-refractivity contribution < 1.29 is 5.11 Å². The number of rotatable bonds is 3. The van der Waals surface area contributed by atoms with Crippen LogP contribution in [-0.4, -0.2) is 5.11 Å². The average Bonchev–Trinajstić information content (AvgIpc) is 2.50. The number of hydrogen-bond acceptors (Lipinski definition) is 1. The molecular weight excluding hydrogens is 324 g/mol. The van der Waals surface area contributed by atoms with E-state index in [0.29, 0.717) is 5.92 Å². The molecule has 0 heterocycles. The first-order valence-electron chi connectivity index (χ1n) is 7.67. The Labute approximate surface area is 135 Å². The molecule has 2 aromatic carbocycles. The highest BCUT2D eigenvalue weighted by molar-refractivity contribution is 9.10. The van der Waals surface area contributed by atoms with Gasteiger partial charge in [0.15, 0.2) is 0 Å². The van der Waals surface area contributed by atoms with Gasteiger partial charge in [0.1, 0.15) is 0 Å². The van der Waals surface area contributed by atoms with Crippen LogP contribution in [0.2, 0.25) is 0 Å². The maximum Gasteiger partial charge on any atom is 0.0806 e. The smallest absolute Gasteiger partial charge is 0.0806 e. The lowest BCUT2D eigenvalue weighted by atomic mass is 9.79. The molecule has 0 radical (unpaired) electrons. The summed E-state index contributed by atoms with van der Waals surface area (Å²) in [4.78, 5) is 0. The largest absolute Gasteiger partial charge is 0.388 e. The quantitative estimate of drug-likeness (QED) is 0.800. The lowest BCUT2D eigenvalue weighted by molar-refractivity contribution is 0.153. The molecule has 2 aromatic rings. The molecule has 0 bridgehead atoms. The molecule has 1 aliphatic carbocycles. The first-order chi connectivity index (χ1) is 10.2. The number of aliphatic hydroxyl groups excluding tert-OH is 1. The lowest BCUT2D eigenvalue weighted by Crippen LogP contribution is -2.13. The van der Waals surface area contributed by atoms with Gasteiger partial charge in [0, 0.05) is 4.47 Å². The van der Waals surface area contributed by atoms with Crippen LogP contribution in [0.25, 0.3) is 0 Å². The maximum atomic E-state index is 10.7. The highest BCUT2D eigenvalue weighted by Gasteiger charge is 2.24. The van der Waals surface area contributed by atoms with Crippen molar-refractivity contribution in [3.05, 3.63) is 69.2 Å². The molecule has 0 spiro atoms. The van der Waals surface area contributed by atoms with Crippen molar-refractivity contribution in [1.29, 1.82) is 0 Å². The van der Waals surface area contributed by atoms with Gasteiger partial charge in [0.05, 0.1) is 6.10 Å². The second kappa shape index (κ2) is 6.33. The van der Waals surface area contributed by atoms with Gasteiger partial charge in [-0.1, -0.05) is 58.4 Å². The minimum Gasteiger partial charge on any atom is -0.388 e. The Bertz CT molecular complexity index is 635. The number of hydrogen-bond donors (Lipinski definition) is 1. The molecule has 2 atom stereocenters. The lowest BCUT2D eigenvalue weighted by Gasteiger charge is -2.27. The molecule has 0 aromatic heterocycles. The predicted octanol–water partition coefficient (Wildman–Crippen LogP) is 5.30. The minimum absolute atomic E-state index is 0.407. The van der Waals surface area contributed by atoms with Gasteiger partial charge in [0.2, 0.25) is 0 Å². The number of benzene rings is 2. The molecule has 1 nitrogen and oxygen atoms in total. The molecule has 0 fully saturated rings. The van der Waals surface area contributed by atoms with E-state index in [2.05, 4.69) is 53.2 Å². The molecule has 3 rings (SSSR count). The Balaban J connectivity index is 1.83. The number of aryl methyl sites for hydroxylation is 2. The van der Waals surface area contributed by atoms with Crippen LogP contribution in [-0.2, 0) is 6.42 Å². The van der Waals surface area contributed by atoms with Crippen molar-refractivity contribution in [2.45, 2.75) is 44.6 Å². The van der Waals surface area contributed by atoms with E-state index in [9.17, 15) is 5.11 Å². The van der Waals surface area contributed by atoms with Crippen LogP contribution in [0.5, 0.6) is 0 Å². The molecule has 2 unspecified atom stereocenters. The van der Waals surface area contributed by atoms with Crippen LogP contribution in [0.4, 0.5) is 0 Å². The van der Waals surface area contributed by atoms with Gasteiger partial charge in [0.25, 0.3) is 0 Å². The van der Waals surface area contributed by atoms with Crippen LogP contribution in [0, 0.1) is 6.92 Å². The predicted molar refractivity (Wildman–Crippen MR) is 90.6 cm³/mol. The van der Waals surface area contributed by atoms with Crippen LogP contribution >= 0.6 is 15.9 Å². The zero-order chi connectivity index (χ0) is 14.8. The molecule has 1 N–H and O–H groups in total. The van der Waals surface area contributed by atoms with E-state index >= 15 is 0 Å².